The number of anilines is 1. The molecule has 0 bridgehead atoms. The first-order chi connectivity index (χ1) is 10.5. The van der Waals surface area contributed by atoms with Crippen LogP contribution >= 0.6 is 0 Å². The van der Waals surface area contributed by atoms with Crippen molar-refractivity contribution in [1.29, 1.82) is 0 Å². The van der Waals surface area contributed by atoms with Crippen LogP contribution in [0.1, 0.15) is 25.8 Å². The van der Waals surface area contributed by atoms with Gasteiger partial charge in [0.2, 0.25) is 5.91 Å². The van der Waals surface area contributed by atoms with Crippen molar-refractivity contribution in [1.82, 2.24) is 5.32 Å². The van der Waals surface area contributed by atoms with Crippen molar-refractivity contribution in [2.24, 2.45) is 5.92 Å². The number of carbonyl (C=O) groups is 2. The number of carbonyl (C=O) groups excluding carboxylic acids is 2. The third-order valence-electron chi connectivity index (χ3n) is 3.60. The van der Waals surface area contributed by atoms with Gasteiger partial charge in [-0.05, 0) is 25.0 Å². The van der Waals surface area contributed by atoms with Crippen molar-refractivity contribution in [3.8, 4) is 0 Å². The van der Waals surface area contributed by atoms with Crippen molar-refractivity contribution >= 4 is 17.5 Å². The zero-order valence-electron chi connectivity index (χ0n) is 13.5. The van der Waals surface area contributed by atoms with Crippen molar-refractivity contribution in [3.05, 3.63) is 29.8 Å². The Morgan fingerprint density at radius 1 is 1.36 bits per heavy atom. The molecule has 0 radical (unpaired) electrons. The van der Waals surface area contributed by atoms with Crippen LogP contribution in [0, 0.1) is 12.8 Å². The predicted molar refractivity (Wildman–Crippen MR) is 85.7 cm³/mol. The van der Waals surface area contributed by atoms with Crippen molar-refractivity contribution in [3.63, 3.8) is 0 Å². The molecule has 0 saturated carbocycles. The summed E-state index contributed by atoms with van der Waals surface area (Å²) in [5, 5.41) is 2.88. The van der Waals surface area contributed by atoms with Crippen LogP contribution in [-0.2, 0) is 14.3 Å². The molecule has 1 heterocycles. The van der Waals surface area contributed by atoms with Crippen LogP contribution < -0.4 is 10.2 Å². The van der Waals surface area contributed by atoms with Gasteiger partial charge < -0.3 is 15.0 Å². The molecule has 5 heteroatoms. The monoisotopic (exact) mass is 304 g/mol. The van der Waals surface area contributed by atoms with Crippen LogP contribution in [0.2, 0.25) is 0 Å². The Labute approximate surface area is 131 Å². The number of nitrogens with one attached hydrogen (secondary N) is 1. The summed E-state index contributed by atoms with van der Waals surface area (Å²) in [6, 6.07) is 7.84. The quantitative estimate of drug-likeness (QED) is 0.903. The zero-order chi connectivity index (χ0) is 16.1. The first-order valence-electron chi connectivity index (χ1n) is 7.71. The molecule has 22 heavy (non-hydrogen) atoms. The largest absolute Gasteiger partial charge is 0.365 e. The smallest absolute Gasteiger partial charge is 0.253 e. The molecule has 1 N–H and O–H groups in total. The summed E-state index contributed by atoms with van der Waals surface area (Å²) in [5.74, 6) is 0.309. The van der Waals surface area contributed by atoms with Gasteiger partial charge in [-0.3, -0.25) is 9.59 Å². The fourth-order valence-corrected chi connectivity index (χ4v) is 2.39. The second-order valence-corrected chi connectivity index (χ2v) is 6.17. The van der Waals surface area contributed by atoms with Gasteiger partial charge in [0.05, 0.1) is 12.6 Å². The summed E-state index contributed by atoms with van der Waals surface area (Å²) in [4.78, 5) is 25.4. The third kappa shape index (κ3) is 4.56. The standard InChI is InChI=1S/C17H24N2O3/c1-12(2)8-16(20)18-9-15-10-19(17(21)11-22-15)14-6-4-13(3)5-7-14/h4-7,12,15H,8-11H2,1-3H3,(H,18,20). The third-order valence-corrected chi connectivity index (χ3v) is 3.60. The van der Waals surface area contributed by atoms with E-state index in [0.29, 0.717) is 25.4 Å². The maximum Gasteiger partial charge on any atom is 0.253 e. The Morgan fingerprint density at radius 2 is 2.05 bits per heavy atom. The van der Waals surface area contributed by atoms with Gasteiger partial charge in [0, 0.05) is 18.7 Å². The van der Waals surface area contributed by atoms with E-state index in [1.54, 1.807) is 4.90 Å². The van der Waals surface area contributed by atoms with Crippen molar-refractivity contribution in [2.75, 3.05) is 24.6 Å². The Bertz CT molecular complexity index is 525. The van der Waals surface area contributed by atoms with Gasteiger partial charge in [0.1, 0.15) is 6.61 Å². The lowest BCUT2D eigenvalue weighted by Crippen LogP contribution is -2.50. The molecule has 1 saturated heterocycles. The number of hydrogen-bond acceptors (Lipinski definition) is 3. The number of ether oxygens (including phenoxy) is 1. The number of aryl methyl sites for hydroxylation is 1. The molecule has 0 aromatic heterocycles. The van der Waals surface area contributed by atoms with Crippen molar-refractivity contribution in [2.45, 2.75) is 33.3 Å². The van der Waals surface area contributed by atoms with Gasteiger partial charge in [-0.2, -0.15) is 0 Å². The molecule has 5 nitrogen and oxygen atoms in total. The summed E-state index contributed by atoms with van der Waals surface area (Å²) in [6.07, 6.45) is 0.336. The van der Waals surface area contributed by atoms with Crippen LogP contribution in [-0.4, -0.2) is 37.6 Å². The molecule has 0 aliphatic carbocycles. The van der Waals surface area contributed by atoms with Gasteiger partial charge in [0.25, 0.3) is 5.91 Å². The highest BCUT2D eigenvalue weighted by Gasteiger charge is 2.27. The van der Waals surface area contributed by atoms with E-state index in [-0.39, 0.29) is 24.5 Å². The lowest BCUT2D eigenvalue weighted by Gasteiger charge is -2.33. The summed E-state index contributed by atoms with van der Waals surface area (Å²) < 4.78 is 5.52. The SMILES string of the molecule is Cc1ccc(N2CC(CNC(=O)CC(C)C)OCC2=O)cc1. The number of benzene rings is 1. The Kier molecular flexibility index (Phi) is 5.55. The summed E-state index contributed by atoms with van der Waals surface area (Å²) >= 11 is 0. The van der Waals surface area contributed by atoms with Gasteiger partial charge in [-0.1, -0.05) is 31.5 Å². The van der Waals surface area contributed by atoms with E-state index in [1.165, 1.54) is 0 Å². The highest BCUT2D eigenvalue weighted by atomic mass is 16.5. The minimum atomic E-state index is -0.171. The summed E-state index contributed by atoms with van der Waals surface area (Å²) in [7, 11) is 0. The number of hydrogen-bond donors (Lipinski definition) is 1. The molecule has 2 rings (SSSR count). The molecule has 1 aliphatic rings. The van der Waals surface area contributed by atoms with Crippen LogP contribution in [0.4, 0.5) is 5.69 Å². The number of morpholine rings is 1. The lowest BCUT2D eigenvalue weighted by atomic mass is 10.1. The lowest BCUT2D eigenvalue weighted by molar-refractivity contribution is -0.129. The molecule has 1 atom stereocenters. The molecule has 1 aromatic carbocycles. The molecule has 1 aliphatic heterocycles. The van der Waals surface area contributed by atoms with Gasteiger partial charge in [0.15, 0.2) is 0 Å². The Balaban J connectivity index is 1.92. The van der Waals surface area contributed by atoms with Crippen LogP contribution in [0.25, 0.3) is 0 Å². The number of rotatable bonds is 5. The van der Waals surface area contributed by atoms with E-state index in [4.69, 9.17) is 4.74 Å². The van der Waals surface area contributed by atoms with E-state index in [0.717, 1.165) is 11.3 Å². The van der Waals surface area contributed by atoms with E-state index < -0.39 is 0 Å². The minimum Gasteiger partial charge on any atom is -0.365 e. The normalized spacial score (nSPS) is 18.6. The maximum atomic E-state index is 12.0. The topological polar surface area (TPSA) is 58.6 Å². The predicted octanol–water partition coefficient (Wildman–Crippen LogP) is 1.89. The highest BCUT2D eigenvalue weighted by molar-refractivity contribution is 5.95. The average molecular weight is 304 g/mol. The average Bonchev–Trinajstić information content (AvgIpc) is 2.47. The Hall–Kier alpha value is -1.88. The molecule has 1 fully saturated rings. The first-order valence-corrected chi connectivity index (χ1v) is 7.71. The molecule has 1 unspecified atom stereocenters. The second kappa shape index (κ2) is 7.40. The Morgan fingerprint density at radius 3 is 2.68 bits per heavy atom. The highest BCUT2D eigenvalue weighted by Crippen LogP contribution is 2.19. The van der Waals surface area contributed by atoms with Gasteiger partial charge in [-0.25, -0.2) is 0 Å². The molecular formula is C17H24N2O3. The fraction of sp³-hybridized carbons (Fsp3) is 0.529. The summed E-state index contributed by atoms with van der Waals surface area (Å²) in [5.41, 5.74) is 2.03. The fourth-order valence-electron chi connectivity index (χ4n) is 2.39. The van der Waals surface area contributed by atoms with Gasteiger partial charge in [-0.15, -0.1) is 0 Å². The minimum absolute atomic E-state index is 0.0254. The molecule has 0 spiro atoms. The van der Waals surface area contributed by atoms with Crippen LogP contribution in [0.15, 0.2) is 24.3 Å². The van der Waals surface area contributed by atoms with Gasteiger partial charge >= 0.3 is 0 Å². The first kappa shape index (κ1) is 16.5. The molecular weight excluding hydrogens is 280 g/mol. The van der Waals surface area contributed by atoms with E-state index >= 15 is 0 Å². The molecule has 1 aromatic rings. The molecule has 120 valence electrons. The van der Waals surface area contributed by atoms with Crippen LogP contribution in [0.5, 0.6) is 0 Å². The van der Waals surface area contributed by atoms with Crippen molar-refractivity contribution < 1.29 is 14.3 Å². The molecule has 2 amide bonds. The second-order valence-electron chi connectivity index (χ2n) is 6.17. The summed E-state index contributed by atoms with van der Waals surface area (Å²) in [6.45, 7) is 6.98. The van der Waals surface area contributed by atoms with Crippen LogP contribution in [0.3, 0.4) is 0 Å². The van der Waals surface area contributed by atoms with E-state index in [1.807, 2.05) is 45.0 Å². The van der Waals surface area contributed by atoms with E-state index in [2.05, 4.69) is 5.32 Å². The zero-order valence-corrected chi connectivity index (χ0v) is 13.5. The number of nitrogens with zero attached hydrogens (tertiary/aromatic N) is 1. The van der Waals surface area contributed by atoms with E-state index in [9.17, 15) is 9.59 Å². The number of amides is 2. The maximum absolute atomic E-state index is 12.0.